The van der Waals surface area contributed by atoms with Gasteiger partial charge in [0.2, 0.25) is 0 Å². The van der Waals surface area contributed by atoms with Gasteiger partial charge in [0.1, 0.15) is 0 Å². The average Bonchev–Trinajstić information content (AvgIpc) is 3.20. The molecule has 2 aromatic carbocycles. The molecule has 0 aromatic heterocycles. The van der Waals surface area contributed by atoms with Crippen molar-refractivity contribution in [3.63, 3.8) is 0 Å². The van der Waals surface area contributed by atoms with E-state index >= 15 is 0 Å². The Hall–Kier alpha value is -1.56. The normalized spacial score (nSPS) is 27.7. The lowest BCUT2D eigenvalue weighted by Gasteiger charge is -2.42. The quantitative estimate of drug-likeness (QED) is 0.567. The molecular formula is C24H28. The third-order valence-electron chi connectivity index (χ3n) is 7.12. The highest BCUT2D eigenvalue weighted by molar-refractivity contribution is 5.88. The summed E-state index contributed by atoms with van der Waals surface area (Å²) < 4.78 is 0. The van der Waals surface area contributed by atoms with Crippen LogP contribution < -0.4 is 0 Å². The third-order valence-corrected chi connectivity index (χ3v) is 7.12. The molecule has 2 aromatic rings. The highest BCUT2D eigenvalue weighted by Crippen LogP contribution is 2.59. The van der Waals surface area contributed by atoms with Crippen LogP contribution in [-0.4, -0.2) is 0 Å². The Morgan fingerprint density at radius 1 is 1.21 bits per heavy atom. The summed E-state index contributed by atoms with van der Waals surface area (Å²) in [7, 11) is 0. The van der Waals surface area contributed by atoms with Crippen molar-refractivity contribution in [2.75, 3.05) is 0 Å². The Labute approximate surface area is 146 Å². The summed E-state index contributed by atoms with van der Waals surface area (Å²) in [6.07, 6.45) is 14.5. The van der Waals surface area contributed by atoms with Crippen LogP contribution in [0, 0.1) is 5.92 Å². The predicted molar refractivity (Wildman–Crippen MR) is 103 cm³/mol. The molecule has 0 amide bonds. The number of allylic oxidation sites excluding steroid dienone is 2. The number of benzene rings is 2. The van der Waals surface area contributed by atoms with Crippen molar-refractivity contribution >= 4 is 10.8 Å². The van der Waals surface area contributed by atoms with Gasteiger partial charge in [0.05, 0.1) is 0 Å². The molecule has 1 fully saturated rings. The minimum atomic E-state index is 0.490. The van der Waals surface area contributed by atoms with Crippen LogP contribution in [0.2, 0.25) is 0 Å². The highest BCUT2D eigenvalue weighted by Gasteiger charge is 2.49. The topological polar surface area (TPSA) is 0 Å². The standard InChI is InChI=1S/C24H28/c1-2-3-6-18-7-4-8-19-14-20-9-5-12-24(23(20)15-22(18)19)16-17-10-11-21(24)13-17/h4,7-8,10,14-15,21H,2-3,5-6,9,11-13,16H2,1H3. The summed E-state index contributed by atoms with van der Waals surface area (Å²) in [6, 6.07) is 12.1. The molecule has 3 aliphatic carbocycles. The number of hydrogen-bond acceptors (Lipinski definition) is 0. The van der Waals surface area contributed by atoms with Gasteiger partial charge in [-0.05, 0) is 84.7 Å². The summed E-state index contributed by atoms with van der Waals surface area (Å²) in [6.45, 7) is 2.30. The molecule has 3 aliphatic rings. The van der Waals surface area contributed by atoms with E-state index in [1.54, 1.807) is 27.6 Å². The van der Waals surface area contributed by atoms with E-state index in [-0.39, 0.29) is 0 Å². The van der Waals surface area contributed by atoms with Gasteiger partial charge >= 0.3 is 0 Å². The van der Waals surface area contributed by atoms with Crippen molar-refractivity contribution in [1.29, 1.82) is 0 Å². The predicted octanol–water partition coefficient (Wildman–Crippen LogP) is 6.50. The van der Waals surface area contributed by atoms with E-state index < -0.39 is 0 Å². The first kappa shape index (κ1) is 14.8. The molecule has 2 atom stereocenters. The lowest BCUT2D eigenvalue weighted by Crippen LogP contribution is -2.35. The maximum Gasteiger partial charge on any atom is 0.00274 e. The molecule has 0 radical (unpaired) electrons. The van der Waals surface area contributed by atoms with Gasteiger partial charge in [-0.15, -0.1) is 0 Å². The van der Waals surface area contributed by atoms with Crippen LogP contribution in [0.5, 0.6) is 0 Å². The first-order valence-corrected chi connectivity index (χ1v) is 10.0. The van der Waals surface area contributed by atoms with Crippen LogP contribution in [0.15, 0.2) is 42.0 Å². The first-order chi connectivity index (χ1) is 11.8. The lowest BCUT2D eigenvalue weighted by atomic mass is 9.62. The van der Waals surface area contributed by atoms with E-state index in [0.29, 0.717) is 5.41 Å². The minimum Gasteiger partial charge on any atom is -0.0850 e. The van der Waals surface area contributed by atoms with Crippen molar-refractivity contribution in [2.24, 2.45) is 5.92 Å². The molecule has 5 rings (SSSR count). The second-order valence-corrected chi connectivity index (χ2v) is 8.44. The summed E-state index contributed by atoms with van der Waals surface area (Å²) >= 11 is 0. The second kappa shape index (κ2) is 5.48. The zero-order valence-electron chi connectivity index (χ0n) is 14.9. The summed E-state index contributed by atoms with van der Waals surface area (Å²) in [5.41, 5.74) is 7.21. The Morgan fingerprint density at radius 3 is 2.96 bits per heavy atom. The van der Waals surface area contributed by atoms with Crippen LogP contribution >= 0.6 is 0 Å². The van der Waals surface area contributed by atoms with Gasteiger partial charge in [-0.25, -0.2) is 0 Å². The molecule has 0 saturated heterocycles. The van der Waals surface area contributed by atoms with E-state index in [1.807, 2.05) is 0 Å². The van der Waals surface area contributed by atoms with Gasteiger partial charge < -0.3 is 0 Å². The zero-order valence-corrected chi connectivity index (χ0v) is 14.9. The zero-order chi connectivity index (χ0) is 16.1. The molecule has 1 spiro atoms. The Bertz CT molecular complexity index is 825. The molecule has 0 N–H and O–H groups in total. The van der Waals surface area contributed by atoms with Crippen molar-refractivity contribution in [2.45, 2.75) is 70.1 Å². The molecule has 124 valence electrons. The van der Waals surface area contributed by atoms with Gasteiger partial charge in [-0.1, -0.05) is 55.3 Å². The molecule has 0 heterocycles. The fraction of sp³-hybridized carbons (Fsp3) is 0.500. The third kappa shape index (κ3) is 2.05. The molecular weight excluding hydrogens is 288 g/mol. The highest BCUT2D eigenvalue weighted by atomic mass is 14.5. The monoisotopic (exact) mass is 316 g/mol. The molecule has 24 heavy (non-hydrogen) atoms. The number of aryl methyl sites for hydroxylation is 2. The Kier molecular flexibility index (Phi) is 3.37. The average molecular weight is 316 g/mol. The molecule has 0 aliphatic heterocycles. The number of hydrogen-bond donors (Lipinski definition) is 0. The smallest absolute Gasteiger partial charge is 0.00274 e. The second-order valence-electron chi connectivity index (χ2n) is 8.44. The van der Waals surface area contributed by atoms with Gasteiger partial charge in [-0.2, -0.15) is 0 Å². The Balaban J connectivity index is 1.68. The fourth-order valence-corrected chi connectivity index (χ4v) is 5.94. The maximum atomic E-state index is 2.64. The van der Waals surface area contributed by atoms with E-state index in [2.05, 4.69) is 43.3 Å². The molecule has 1 saturated carbocycles. The number of fused-ring (bicyclic) bond motifs is 6. The van der Waals surface area contributed by atoms with Gasteiger partial charge in [0.25, 0.3) is 0 Å². The fourth-order valence-electron chi connectivity index (χ4n) is 5.94. The molecule has 2 bridgehead atoms. The largest absolute Gasteiger partial charge is 0.0850 e. The maximum absolute atomic E-state index is 2.64. The summed E-state index contributed by atoms with van der Waals surface area (Å²) in [5, 5.41) is 3.02. The van der Waals surface area contributed by atoms with Crippen molar-refractivity contribution in [3.8, 4) is 0 Å². The number of unbranched alkanes of at least 4 members (excludes halogenated alkanes) is 1. The van der Waals surface area contributed by atoms with E-state index in [4.69, 9.17) is 0 Å². The van der Waals surface area contributed by atoms with Crippen molar-refractivity contribution in [1.82, 2.24) is 0 Å². The van der Waals surface area contributed by atoms with Gasteiger partial charge in [0, 0.05) is 5.41 Å². The SMILES string of the molecule is CCCCc1cccc2cc3c(cc12)C1(CCC3)CC2=CCC1C2. The molecule has 0 heteroatoms. The van der Waals surface area contributed by atoms with Crippen LogP contribution in [0.1, 0.15) is 68.6 Å². The van der Waals surface area contributed by atoms with Crippen molar-refractivity contribution in [3.05, 3.63) is 58.7 Å². The molecule has 0 nitrogen and oxygen atoms in total. The first-order valence-electron chi connectivity index (χ1n) is 10.0. The van der Waals surface area contributed by atoms with E-state index in [9.17, 15) is 0 Å². The lowest BCUT2D eigenvalue weighted by molar-refractivity contribution is 0.270. The van der Waals surface area contributed by atoms with Crippen LogP contribution in [0.4, 0.5) is 0 Å². The van der Waals surface area contributed by atoms with Crippen molar-refractivity contribution < 1.29 is 0 Å². The Morgan fingerprint density at radius 2 is 2.17 bits per heavy atom. The van der Waals surface area contributed by atoms with E-state index in [1.165, 1.54) is 63.2 Å². The van der Waals surface area contributed by atoms with Crippen LogP contribution in [0.3, 0.4) is 0 Å². The van der Waals surface area contributed by atoms with Crippen LogP contribution in [-0.2, 0) is 18.3 Å². The van der Waals surface area contributed by atoms with Gasteiger partial charge in [0.15, 0.2) is 0 Å². The van der Waals surface area contributed by atoms with Crippen LogP contribution in [0.25, 0.3) is 10.8 Å². The minimum absolute atomic E-state index is 0.490. The summed E-state index contributed by atoms with van der Waals surface area (Å²) in [4.78, 5) is 0. The van der Waals surface area contributed by atoms with E-state index in [0.717, 1.165) is 5.92 Å². The molecule has 2 unspecified atom stereocenters. The summed E-state index contributed by atoms with van der Waals surface area (Å²) in [5.74, 6) is 0.895. The number of rotatable bonds is 3. The van der Waals surface area contributed by atoms with Gasteiger partial charge in [-0.3, -0.25) is 0 Å².